The summed E-state index contributed by atoms with van der Waals surface area (Å²) in [5.74, 6) is -0.101. The van der Waals surface area contributed by atoms with Gasteiger partial charge in [0.1, 0.15) is 0 Å². The minimum atomic E-state index is -3.65. The second-order valence-electron chi connectivity index (χ2n) is 4.31. The third-order valence-corrected chi connectivity index (χ3v) is 3.49. The number of alkyl halides is 2. The quantitative estimate of drug-likeness (QED) is 0.786. The molecule has 0 fully saturated rings. The van der Waals surface area contributed by atoms with Crippen LogP contribution in [0.15, 0.2) is 30.3 Å². The van der Waals surface area contributed by atoms with E-state index in [9.17, 15) is 8.78 Å². The maximum atomic E-state index is 12.9. The number of hydrogen-bond acceptors (Lipinski definition) is 4. The van der Waals surface area contributed by atoms with E-state index in [-0.39, 0.29) is 11.5 Å². The second-order valence-corrected chi connectivity index (χ2v) is 5.12. The Morgan fingerprint density at radius 3 is 2.43 bits per heavy atom. The summed E-state index contributed by atoms with van der Waals surface area (Å²) in [6.45, 7) is 0. The molecule has 0 bridgehead atoms. The predicted octanol–water partition coefficient (Wildman–Crippen LogP) is 4.64. The van der Waals surface area contributed by atoms with Crippen molar-refractivity contribution in [3.8, 4) is 11.5 Å². The Balaban J connectivity index is 1.89. The summed E-state index contributed by atoms with van der Waals surface area (Å²) in [6.07, 6.45) is -3.65. The van der Waals surface area contributed by atoms with Gasteiger partial charge in [-0.2, -0.15) is 0 Å². The summed E-state index contributed by atoms with van der Waals surface area (Å²) >= 11 is 11.7. The molecule has 0 amide bonds. The molecule has 0 saturated carbocycles. The van der Waals surface area contributed by atoms with Crippen LogP contribution in [0.5, 0.6) is 11.5 Å². The first-order valence-corrected chi connectivity index (χ1v) is 6.51. The minimum absolute atomic E-state index is 0.0346. The number of nitrogens with two attached hydrogens (primary N) is 1. The molecule has 0 spiro atoms. The first-order chi connectivity index (χ1) is 9.84. The molecule has 0 atom stereocenters. The summed E-state index contributed by atoms with van der Waals surface area (Å²) in [5.41, 5.74) is 7.16. The standard InChI is InChI=1S/C13H8Cl2F2N2O2/c14-7-4-9(18)10(5-8(7)15)19-6-1-2-11-12(3-6)21-13(16,17)20-11/h1-5,19H,18H2. The average Bonchev–Trinajstić information content (AvgIpc) is 2.69. The Kier molecular flexibility index (Phi) is 3.22. The van der Waals surface area contributed by atoms with Crippen molar-refractivity contribution in [1.82, 2.24) is 0 Å². The Hall–Kier alpha value is -1.92. The van der Waals surface area contributed by atoms with Crippen LogP contribution in [0.25, 0.3) is 0 Å². The summed E-state index contributed by atoms with van der Waals surface area (Å²) in [6, 6.07) is 7.32. The maximum absolute atomic E-state index is 12.9. The lowest BCUT2D eigenvalue weighted by atomic mass is 10.2. The first-order valence-electron chi connectivity index (χ1n) is 5.75. The number of benzene rings is 2. The molecule has 0 aromatic heterocycles. The van der Waals surface area contributed by atoms with E-state index in [1.54, 1.807) is 12.1 Å². The van der Waals surface area contributed by atoms with Gasteiger partial charge >= 0.3 is 6.29 Å². The summed E-state index contributed by atoms with van der Waals surface area (Å²) in [7, 11) is 0. The van der Waals surface area contributed by atoms with Crippen LogP contribution in [-0.2, 0) is 0 Å². The highest BCUT2D eigenvalue weighted by molar-refractivity contribution is 6.42. The summed E-state index contributed by atoms with van der Waals surface area (Å²) in [5, 5.41) is 3.59. The lowest BCUT2D eigenvalue weighted by Crippen LogP contribution is -2.25. The van der Waals surface area contributed by atoms with Crippen LogP contribution in [0.3, 0.4) is 0 Å². The van der Waals surface area contributed by atoms with Gasteiger partial charge in [-0.1, -0.05) is 23.2 Å². The number of rotatable bonds is 2. The van der Waals surface area contributed by atoms with Gasteiger partial charge in [-0.15, -0.1) is 8.78 Å². The molecule has 1 aliphatic heterocycles. The molecule has 110 valence electrons. The van der Waals surface area contributed by atoms with Crippen LogP contribution in [0.4, 0.5) is 25.8 Å². The minimum Gasteiger partial charge on any atom is -0.397 e. The number of ether oxygens (including phenoxy) is 2. The predicted molar refractivity (Wildman–Crippen MR) is 76.8 cm³/mol. The summed E-state index contributed by atoms with van der Waals surface area (Å²) < 4.78 is 34.6. The number of nitrogens with one attached hydrogen (secondary N) is 1. The third kappa shape index (κ3) is 2.77. The SMILES string of the molecule is Nc1cc(Cl)c(Cl)cc1Nc1ccc2c(c1)OC(F)(F)O2. The number of halogens is 4. The van der Waals surface area contributed by atoms with Gasteiger partial charge in [0.05, 0.1) is 21.4 Å². The van der Waals surface area contributed by atoms with E-state index in [4.69, 9.17) is 28.9 Å². The van der Waals surface area contributed by atoms with Crippen LogP contribution in [0, 0.1) is 0 Å². The van der Waals surface area contributed by atoms with Crippen LogP contribution >= 0.6 is 23.2 Å². The van der Waals surface area contributed by atoms with Crippen molar-refractivity contribution in [3.63, 3.8) is 0 Å². The lowest BCUT2D eigenvalue weighted by molar-refractivity contribution is -0.286. The molecule has 0 saturated heterocycles. The van der Waals surface area contributed by atoms with E-state index in [2.05, 4.69) is 14.8 Å². The van der Waals surface area contributed by atoms with Crippen molar-refractivity contribution in [2.75, 3.05) is 11.1 Å². The fraction of sp³-hybridized carbons (Fsp3) is 0.0769. The molecule has 21 heavy (non-hydrogen) atoms. The molecule has 8 heteroatoms. The highest BCUT2D eigenvalue weighted by Crippen LogP contribution is 2.43. The van der Waals surface area contributed by atoms with Crippen molar-refractivity contribution in [2.24, 2.45) is 0 Å². The van der Waals surface area contributed by atoms with Crippen molar-refractivity contribution in [3.05, 3.63) is 40.4 Å². The molecule has 1 aliphatic rings. The zero-order valence-corrected chi connectivity index (χ0v) is 11.8. The number of hydrogen-bond donors (Lipinski definition) is 2. The highest BCUT2D eigenvalue weighted by Gasteiger charge is 2.43. The maximum Gasteiger partial charge on any atom is 0.586 e. The van der Waals surface area contributed by atoms with E-state index in [1.807, 2.05) is 0 Å². The van der Waals surface area contributed by atoms with Crippen LogP contribution in [0.1, 0.15) is 0 Å². The van der Waals surface area contributed by atoms with E-state index in [0.29, 0.717) is 27.1 Å². The third-order valence-electron chi connectivity index (χ3n) is 2.77. The Morgan fingerprint density at radius 1 is 1.00 bits per heavy atom. The number of fused-ring (bicyclic) bond motifs is 1. The molecule has 1 heterocycles. The van der Waals surface area contributed by atoms with Gasteiger partial charge in [0.15, 0.2) is 11.5 Å². The zero-order valence-electron chi connectivity index (χ0n) is 10.3. The molecule has 3 rings (SSSR count). The average molecular weight is 333 g/mol. The molecule has 4 nitrogen and oxygen atoms in total. The smallest absolute Gasteiger partial charge is 0.397 e. The molecular weight excluding hydrogens is 325 g/mol. The fourth-order valence-corrected chi connectivity index (χ4v) is 2.19. The zero-order chi connectivity index (χ0) is 15.2. The van der Waals surface area contributed by atoms with E-state index in [1.165, 1.54) is 18.2 Å². The fourth-order valence-electron chi connectivity index (χ4n) is 1.85. The molecule has 2 aromatic carbocycles. The molecule has 2 aromatic rings. The van der Waals surface area contributed by atoms with E-state index < -0.39 is 6.29 Å². The second kappa shape index (κ2) is 4.82. The van der Waals surface area contributed by atoms with Gasteiger partial charge in [0.25, 0.3) is 0 Å². The van der Waals surface area contributed by atoms with Gasteiger partial charge < -0.3 is 20.5 Å². The molecule has 0 radical (unpaired) electrons. The van der Waals surface area contributed by atoms with Gasteiger partial charge in [0.2, 0.25) is 0 Å². The van der Waals surface area contributed by atoms with Crippen molar-refractivity contribution in [2.45, 2.75) is 6.29 Å². The molecule has 0 aliphatic carbocycles. The van der Waals surface area contributed by atoms with Crippen molar-refractivity contribution in [1.29, 1.82) is 0 Å². The Labute approximate surface area is 128 Å². The van der Waals surface area contributed by atoms with Crippen molar-refractivity contribution >= 4 is 40.3 Å². The van der Waals surface area contributed by atoms with E-state index in [0.717, 1.165) is 0 Å². The van der Waals surface area contributed by atoms with Crippen molar-refractivity contribution < 1.29 is 18.3 Å². The first kappa shape index (κ1) is 14.0. The number of anilines is 3. The van der Waals surface area contributed by atoms with E-state index >= 15 is 0 Å². The molecular formula is C13H8Cl2F2N2O2. The van der Waals surface area contributed by atoms with Gasteiger partial charge in [-0.3, -0.25) is 0 Å². The summed E-state index contributed by atoms with van der Waals surface area (Å²) in [4.78, 5) is 0. The monoisotopic (exact) mass is 332 g/mol. The van der Waals surface area contributed by atoms with Crippen LogP contribution in [0.2, 0.25) is 10.0 Å². The highest BCUT2D eigenvalue weighted by atomic mass is 35.5. The number of nitrogen functional groups attached to an aromatic ring is 1. The topological polar surface area (TPSA) is 56.5 Å². The van der Waals surface area contributed by atoms with Crippen LogP contribution in [-0.4, -0.2) is 6.29 Å². The Morgan fingerprint density at radius 2 is 1.67 bits per heavy atom. The molecule has 0 unspecified atom stereocenters. The lowest BCUT2D eigenvalue weighted by Gasteiger charge is -2.11. The largest absolute Gasteiger partial charge is 0.586 e. The Bertz CT molecular complexity index is 726. The molecule has 3 N–H and O–H groups in total. The van der Waals surface area contributed by atoms with Gasteiger partial charge in [-0.05, 0) is 24.3 Å². The van der Waals surface area contributed by atoms with Gasteiger partial charge in [-0.25, -0.2) is 0 Å². The normalized spacial score (nSPS) is 15.0. The van der Waals surface area contributed by atoms with Gasteiger partial charge in [0, 0.05) is 11.8 Å². The van der Waals surface area contributed by atoms with Crippen LogP contribution < -0.4 is 20.5 Å².